The van der Waals surface area contributed by atoms with Gasteiger partial charge in [-0.15, -0.1) is 0 Å². The third-order valence-electron chi connectivity index (χ3n) is 12.9. The monoisotopic (exact) mass is 1490 g/mol. The average Bonchev–Trinajstić information content (AvgIpc) is 1.59. The zero-order valence-electron chi connectivity index (χ0n) is 54.5. The standard InChI is InChI=1S/C20H13F3N6O.C15H11F3N4O3.C10H7F3O2.C7H7NO.C6H7N3O2.C5H6N2.C4H5F3O2/c21-20(22,23)17-10-16(13-2-1-7-25-11-13)28-29(17)18-4-3-14(12-26-18)19(30)27-15-5-8-24-9-6-15;16-15(17,18)14(25)6-11(9-2-1-5-19-7-9)21-22(14)12-4-3-10(8-20-12)13(23)24;11-10(12,13)9(15)6-8(14)7-4-2-1-3-5-7;1-6(9)7-3-2-4-8-5-7;7-9-5-2-1-4(3-8-5)6(10)11;6-5-1-3-7-4-2-5;1-2-9-3(8)4(5,6)7/h1-12H,(H,24,27,30);1-5,7-8,25H,6H2,(H,23,24);1-5H,6H2;2-5H,1H3;1-3H,7H2,(H,8,9)(H,10,11);1-4H,(H2,6,7);2H2,1H3. The molecule has 0 radical (unpaired) electrons. The first kappa shape index (κ1) is 83.3. The lowest BCUT2D eigenvalue weighted by Crippen LogP contribution is -2.55. The van der Waals surface area contributed by atoms with Gasteiger partial charge < -0.3 is 36.5 Å². The van der Waals surface area contributed by atoms with E-state index in [1.165, 1.54) is 124 Å². The number of ketones is 3. The SMILES string of the molecule is CC(=O)c1cccnc1.CCOC(=O)C(F)(F)F.NNc1ccc(C(=O)O)cn1.Nc1ccncc1.O=C(CC(=O)C(F)(F)F)c1ccccc1.O=C(Nc1ccncc1)c1ccc(-n2nc(-c3cccnc3)cc2C(F)(F)F)nc1.O=C(O)c1ccc(N2N=C(c3cccnc3)CC2(O)C(F)(F)F)nc1. The predicted molar refractivity (Wildman–Crippen MR) is 353 cm³/mol. The number of aliphatic hydroxyl groups is 1. The van der Waals surface area contributed by atoms with Gasteiger partial charge in [-0.05, 0) is 111 Å². The number of hydrogen-bond donors (Lipinski definition) is 7. The number of pyridine rings is 8. The van der Waals surface area contributed by atoms with Gasteiger partial charge in [0.2, 0.25) is 5.78 Å². The maximum atomic E-state index is 13.5. The van der Waals surface area contributed by atoms with Crippen molar-refractivity contribution < 1.29 is 106 Å². The zero-order valence-corrected chi connectivity index (χ0v) is 54.5. The van der Waals surface area contributed by atoms with Crippen molar-refractivity contribution in [2.75, 3.05) is 28.1 Å². The molecule has 10 aromatic rings. The first-order chi connectivity index (χ1) is 50.0. The fourth-order valence-corrected chi connectivity index (χ4v) is 7.76. The number of alkyl halides is 12. The van der Waals surface area contributed by atoms with Gasteiger partial charge in [0.1, 0.15) is 5.82 Å². The lowest BCUT2D eigenvalue weighted by Gasteiger charge is -2.33. The molecule has 11 rings (SSSR count). The predicted octanol–water partition coefficient (Wildman–Crippen LogP) is 11.6. The van der Waals surface area contributed by atoms with Crippen LogP contribution in [0.5, 0.6) is 0 Å². The summed E-state index contributed by atoms with van der Waals surface area (Å²) in [5, 5.41) is 38.5. The zero-order chi connectivity index (χ0) is 78.4. The first-order valence-corrected chi connectivity index (χ1v) is 29.6. The Morgan fingerprint density at radius 3 is 1.50 bits per heavy atom. The van der Waals surface area contributed by atoms with E-state index < -0.39 is 84.3 Å². The molecular weight excluding hydrogens is 1430 g/mol. The summed E-state index contributed by atoms with van der Waals surface area (Å²) in [5.41, 5.74) is 6.38. The maximum Gasteiger partial charge on any atom is 0.490 e. The number of anilines is 4. The van der Waals surface area contributed by atoms with Gasteiger partial charge in [-0.25, -0.2) is 44.9 Å². The van der Waals surface area contributed by atoms with Crippen molar-refractivity contribution in [2.24, 2.45) is 10.9 Å². The molecule has 1 amide bonds. The van der Waals surface area contributed by atoms with Crippen molar-refractivity contribution in [1.82, 2.24) is 49.7 Å². The van der Waals surface area contributed by atoms with Crippen LogP contribution in [0.15, 0.2) is 219 Å². The highest BCUT2D eigenvalue weighted by Crippen LogP contribution is 2.43. The van der Waals surface area contributed by atoms with Crippen LogP contribution in [0.1, 0.15) is 89.7 Å². The number of ether oxygens (including phenoxy) is 1. The van der Waals surface area contributed by atoms with E-state index >= 15 is 0 Å². The topological polar surface area (TPSA) is 402 Å². The molecule has 0 aliphatic carbocycles. The lowest BCUT2D eigenvalue weighted by atomic mass is 10.0. The van der Waals surface area contributed by atoms with E-state index in [4.69, 9.17) is 21.8 Å². The highest BCUT2D eigenvalue weighted by molar-refractivity contribution is 6.09. The number of benzene rings is 1. The molecule has 10 heterocycles. The minimum atomic E-state index is -5.02. The van der Waals surface area contributed by atoms with E-state index in [1.807, 2.05) is 0 Å². The van der Waals surface area contributed by atoms with Gasteiger partial charge in [-0.1, -0.05) is 36.4 Å². The van der Waals surface area contributed by atoms with E-state index in [2.05, 4.69) is 65.6 Å². The van der Waals surface area contributed by atoms with Crippen LogP contribution in [0.25, 0.3) is 17.1 Å². The number of amides is 1. The van der Waals surface area contributed by atoms with Crippen LogP contribution >= 0.6 is 0 Å². The van der Waals surface area contributed by atoms with Gasteiger partial charge in [0.05, 0.1) is 47.5 Å². The van der Waals surface area contributed by atoms with Crippen LogP contribution in [-0.2, 0) is 20.5 Å². The van der Waals surface area contributed by atoms with Crippen molar-refractivity contribution >= 4 is 69.9 Å². The number of Topliss-reactive ketones (excluding diaryl/α,β-unsaturated/α-hetero) is 3. The van der Waals surface area contributed by atoms with Crippen LogP contribution < -0.4 is 27.3 Å². The van der Waals surface area contributed by atoms with Crippen molar-refractivity contribution in [1.29, 1.82) is 0 Å². The molecule has 1 aliphatic heterocycles. The molecule has 0 saturated heterocycles. The van der Waals surface area contributed by atoms with Gasteiger partial charge in [-0.3, -0.25) is 44.1 Å². The average molecular weight is 1490 g/mol. The molecule has 9 aromatic heterocycles. The van der Waals surface area contributed by atoms with Gasteiger partial charge in [0.15, 0.2) is 28.9 Å². The smallest absolute Gasteiger partial charge is 0.478 e. The molecule has 106 heavy (non-hydrogen) atoms. The van der Waals surface area contributed by atoms with Crippen LogP contribution in [0.3, 0.4) is 0 Å². The van der Waals surface area contributed by atoms with Gasteiger partial charge in [-0.2, -0.15) is 62.9 Å². The Kier molecular flexibility index (Phi) is 30.4. The number of nitrogens with one attached hydrogen (secondary N) is 2. The Morgan fingerprint density at radius 1 is 0.566 bits per heavy atom. The van der Waals surface area contributed by atoms with E-state index in [-0.39, 0.29) is 57.7 Å². The number of aromatic carboxylic acids is 2. The van der Waals surface area contributed by atoms with Crippen molar-refractivity contribution in [2.45, 2.75) is 57.1 Å². The number of aromatic nitrogens is 10. The normalized spacial score (nSPS) is 12.8. The quantitative estimate of drug-likeness (QED) is 0.0133. The number of hydrazone groups is 1. The summed E-state index contributed by atoms with van der Waals surface area (Å²) in [4.78, 5) is 106. The number of hydrazine groups is 1. The molecule has 9 N–H and O–H groups in total. The summed E-state index contributed by atoms with van der Waals surface area (Å²) in [7, 11) is 0. The third-order valence-corrected chi connectivity index (χ3v) is 12.9. The van der Waals surface area contributed by atoms with E-state index in [0.29, 0.717) is 37.9 Å². The number of carboxylic acids is 2. The Hall–Kier alpha value is -13.3. The fourth-order valence-electron chi connectivity index (χ4n) is 7.76. The van der Waals surface area contributed by atoms with Gasteiger partial charge in [0.25, 0.3) is 11.6 Å². The van der Waals surface area contributed by atoms with Crippen molar-refractivity contribution in [3.63, 3.8) is 0 Å². The number of esters is 1. The summed E-state index contributed by atoms with van der Waals surface area (Å²) in [6, 6.07) is 32.5. The molecule has 1 aromatic carbocycles. The number of nitrogen functional groups attached to an aromatic ring is 2. The Bertz CT molecular complexity index is 4520. The van der Waals surface area contributed by atoms with E-state index in [0.717, 1.165) is 30.1 Å². The molecule has 27 nitrogen and oxygen atoms in total. The summed E-state index contributed by atoms with van der Waals surface area (Å²) < 4.78 is 154. The molecule has 1 unspecified atom stereocenters. The largest absolute Gasteiger partial charge is 0.490 e. The minimum Gasteiger partial charge on any atom is -0.478 e. The molecule has 1 aliphatic rings. The van der Waals surface area contributed by atoms with Crippen LogP contribution in [-0.4, -0.2) is 143 Å². The van der Waals surface area contributed by atoms with Gasteiger partial charge >= 0.3 is 42.6 Å². The van der Waals surface area contributed by atoms with E-state index in [9.17, 15) is 91.4 Å². The number of nitrogens with two attached hydrogens (primary N) is 2. The summed E-state index contributed by atoms with van der Waals surface area (Å²) in [6.45, 7) is 2.58. The molecule has 0 spiro atoms. The Morgan fingerprint density at radius 2 is 1.08 bits per heavy atom. The van der Waals surface area contributed by atoms with Crippen molar-refractivity contribution in [3.8, 4) is 17.1 Å². The number of carbonyl (C=O) groups is 7. The van der Waals surface area contributed by atoms with E-state index in [1.54, 1.807) is 79.4 Å². The van der Waals surface area contributed by atoms with Crippen LogP contribution in [0.2, 0.25) is 0 Å². The summed E-state index contributed by atoms with van der Waals surface area (Å²) in [6.07, 6.45) is -2.78. The number of hydrogen-bond acceptors (Lipinski definition) is 23. The number of carbonyl (C=O) groups excluding carboxylic acids is 5. The van der Waals surface area contributed by atoms with Crippen LogP contribution in [0, 0.1) is 0 Å². The molecular formula is C67H56F12N16O11. The molecule has 0 saturated carbocycles. The maximum absolute atomic E-state index is 13.5. The second-order valence-electron chi connectivity index (χ2n) is 20.5. The first-order valence-electron chi connectivity index (χ1n) is 29.6. The second-order valence-corrected chi connectivity index (χ2v) is 20.5. The summed E-state index contributed by atoms with van der Waals surface area (Å²) >= 11 is 0. The molecule has 1 atom stereocenters. The Labute approximate surface area is 590 Å². The number of rotatable bonds is 14. The van der Waals surface area contributed by atoms with Gasteiger partial charge in [0, 0.05) is 114 Å². The highest BCUT2D eigenvalue weighted by Gasteiger charge is 2.62. The summed E-state index contributed by atoms with van der Waals surface area (Å²) in [5.74, 6) is -2.58. The molecule has 0 bridgehead atoms. The molecule has 0 fully saturated rings. The van der Waals surface area contributed by atoms with Crippen molar-refractivity contribution in [3.05, 3.63) is 253 Å². The van der Waals surface area contributed by atoms with Crippen LogP contribution in [0.4, 0.5) is 75.7 Å². The fraction of sp³-hybridized carbons (Fsp3) is 0.149. The number of halogens is 12. The minimum absolute atomic E-state index is 0.0166. The third kappa shape index (κ3) is 25.9. The highest BCUT2D eigenvalue weighted by atomic mass is 19.4. The molecule has 554 valence electrons. The second kappa shape index (κ2) is 38.6. The number of carboxylic acid groups (broad SMARTS) is 2. The lowest BCUT2D eigenvalue weighted by molar-refractivity contribution is -0.254. The number of nitrogens with zero attached hydrogens (tertiary/aromatic N) is 12. The Balaban J connectivity index is 0.000000237. The molecule has 39 heteroatoms.